The highest BCUT2D eigenvalue weighted by Gasteiger charge is 2.27. The Morgan fingerprint density at radius 3 is 2.38 bits per heavy atom. The van der Waals surface area contributed by atoms with Gasteiger partial charge in [-0.3, -0.25) is 0 Å². The van der Waals surface area contributed by atoms with E-state index in [4.69, 9.17) is 0 Å². The van der Waals surface area contributed by atoms with Gasteiger partial charge >= 0.3 is 0 Å². The third-order valence-electron chi connectivity index (χ3n) is 5.31. The highest BCUT2D eigenvalue weighted by Crippen LogP contribution is 2.41. The SMILES string of the molecule is CCC[SiH2]C(CC)[C@H]1CC[C@H](c2ccc(F)c(F)c2)CC1. The van der Waals surface area contributed by atoms with Crippen LogP contribution in [0.5, 0.6) is 0 Å². The lowest BCUT2D eigenvalue weighted by Crippen LogP contribution is -2.21. The van der Waals surface area contributed by atoms with Crippen LogP contribution in [0.15, 0.2) is 18.2 Å². The van der Waals surface area contributed by atoms with Crippen LogP contribution in [0.1, 0.15) is 63.9 Å². The molecular weight excluding hydrogens is 282 g/mol. The minimum atomic E-state index is -0.732. The molecule has 0 N–H and O–H groups in total. The van der Waals surface area contributed by atoms with E-state index >= 15 is 0 Å². The molecule has 3 heteroatoms. The van der Waals surface area contributed by atoms with Crippen molar-refractivity contribution >= 4 is 9.52 Å². The summed E-state index contributed by atoms with van der Waals surface area (Å²) in [6.07, 6.45) is 7.52. The van der Waals surface area contributed by atoms with E-state index in [1.807, 2.05) is 0 Å². The zero-order valence-electron chi connectivity index (χ0n) is 13.4. The van der Waals surface area contributed by atoms with Crippen molar-refractivity contribution in [3.8, 4) is 0 Å². The van der Waals surface area contributed by atoms with Gasteiger partial charge in [-0.25, -0.2) is 8.78 Å². The van der Waals surface area contributed by atoms with Crippen molar-refractivity contribution in [2.45, 2.75) is 69.9 Å². The van der Waals surface area contributed by atoms with Gasteiger partial charge < -0.3 is 0 Å². The molecule has 0 amide bonds. The molecule has 1 unspecified atom stereocenters. The molecule has 1 aromatic rings. The molecule has 0 aliphatic heterocycles. The maximum Gasteiger partial charge on any atom is 0.159 e. The third kappa shape index (κ3) is 4.38. The van der Waals surface area contributed by atoms with Gasteiger partial charge in [-0.1, -0.05) is 38.8 Å². The Balaban J connectivity index is 1.91. The van der Waals surface area contributed by atoms with E-state index in [0.717, 1.165) is 29.9 Å². The van der Waals surface area contributed by atoms with E-state index in [1.165, 1.54) is 43.9 Å². The number of rotatable bonds is 6. The standard InChI is InChI=1S/C18H28F2Si/c1-3-11-21-18(4-2)14-7-5-13(6-8-14)15-9-10-16(19)17(20)12-15/h9-10,12-14,18H,3-8,11,21H2,1-2H3/t13-,14-,18?. The average molecular weight is 311 g/mol. The third-order valence-corrected chi connectivity index (χ3v) is 8.41. The molecule has 1 aromatic carbocycles. The lowest BCUT2D eigenvalue weighted by molar-refractivity contribution is 0.306. The van der Waals surface area contributed by atoms with Crippen molar-refractivity contribution in [3.05, 3.63) is 35.4 Å². The van der Waals surface area contributed by atoms with Gasteiger partial charge in [-0.2, -0.15) is 0 Å². The first-order valence-corrected chi connectivity index (χ1v) is 10.4. The van der Waals surface area contributed by atoms with Crippen LogP contribution in [0.4, 0.5) is 8.78 Å². The van der Waals surface area contributed by atoms with Crippen LogP contribution >= 0.6 is 0 Å². The first-order chi connectivity index (χ1) is 10.2. The maximum absolute atomic E-state index is 13.4. The van der Waals surface area contributed by atoms with Gasteiger partial charge in [0.2, 0.25) is 0 Å². The van der Waals surface area contributed by atoms with Crippen molar-refractivity contribution in [1.29, 1.82) is 0 Å². The van der Waals surface area contributed by atoms with Crippen LogP contribution in [0.25, 0.3) is 0 Å². The molecule has 1 aliphatic rings. The summed E-state index contributed by atoms with van der Waals surface area (Å²) in [5.41, 5.74) is 1.99. The Hall–Kier alpha value is -0.703. The summed E-state index contributed by atoms with van der Waals surface area (Å²) in [7, 11) is 0.0793. The number of hydrogen-bond acceptors (Lipinski definition) is 0. The van der Waals surface area contributed by atoms with E-state index < -0.39 is 11.6 Å². The zero-order valence-corrected chi connectivity index (χ0v) is 14.8. The maximum atomic E-state index is 13.4. The Bertz CT molecular complexity index is 439. The van der Waals surface area contributed by atoms with Gasteiger partial charge in [-0.05, 0) is 60.8 Å². The Labute approximate surface area is 130 Å². The van der Waals surface area contributed by atoms with Crippen LogP contribution in [0, 0.1) is 17.6 Å². The molecule has 0 radical (unpaired) electrons. The fourth-order valence-corrected chi connectivity index (χ4v) is 6.21. The molecule has 1 atom stereocenters. The number of halogens is 2. The lowest BCUT2D eigenvalue weighted by Gasteiger charge is -2.33. The zero-order chi connectivity index (χ0) is 15.2. The molecule has 1 fully saturated rings. The van der Waals surface area contributed by atoms with Crippen LogP contribution in [-0.2, 0) is 0 Å². The summed E-state index contributed by atoms with van der Waals surface area (Å²) in [6, 6.07) is 5.93. The summed E-state index contributed by atoms with van der Waals surface area (Å²) < 4.78 is 26.4. The molecule has 21 heavy (non-hydrogen) atoms. The molecule has 0 heterocycles. The molecule has 0 nitrogen and oxygen atoms in total. The normalized spacial score (nSPS) is 24.6. The van der Waals surface area contributed by atoms with Gasteiger partial charge in [-0.15, -0.1) is 0 Å². The Morgan fingerprint density at radius 2 is 1.81 bits per heavy atom. The number of hydrogen-bond donors (Lipinski definition) is 0. The minimum Gasteiger partial charge on any atom is -0.204 e. The van der Waals surface area contributed by atoms with Crippen molar-refractivity contribution in [3.63, 3.8) is 0 Å². The summed E-state index contributed by atoms with van der Waals surface area (Å²) >= 11 is 0. The summed E-state index contributed by atoms with van der Waals surface area (Å²) in [6.45, 7) is 4.63. The number of benzene rings is 1. The topological polar surface area (TPSA) is 0 Å². The lowest BCUT2D eigenvalue weighted by atomic mass is 9.77. The second-order valence-corrected chi connectivity index (χ2v) is 8.93. The highest BCUT2D eigenvalue weighted by molar-refractivity contribution is 6.37. The van der Waals surface area contributed by atoms with Gasteiger partial charge in [0.15, 0.2) is 11.6 Å². The van der Waals surface area contributed by atoms with Crippen molar-refractivity contribution in [1.82, 2.24) is 0 Å². The quantitative estimate of drug-likeness (QED) is 0.614. The first-order valence-electron chi connectivity index (χ1n) is 8.60. The summed E-state index contributed by atoms with van der Waals surface area (Å²) in [5.74, 6) is -0.100. The molecule has 0 aromatic heterocycles. The van der Waals surface area contributed by atoms with Crippen molar-refractivity contribution in [2.75, 3.05) is 0 Å². The predicted octanol–water partition coefficient (Wildman–Crippen LogP) is 5.43. The van der Waals surface area contributed by atoms with Gasteiger partial charge in [0, 0.05) is 9.52 Å². The highest BCUT2D eigenvalue weighted by atomic mass is 28.2. The smallest absolute Gasteiger partial charge is 0.159 e. The second kappa shape index (κ2) is 8.07. The van der Waals surface area contributed by atoms with Crippen molar-refractivity contribution in [2.24, 2.45) is 5.92 Å². The van der Waals surface area contributed by atoms with Crippen molar-refractivity contribution < 1.29 is 8.78 Å². The van der Waals surface area contributed by atoms with Crippen LogP contribution in [0.3, 0.4) is 0 Å². The van der Waals surface area contributed by atoms with E-state index in [2.05, 4.69) is 13.8 Å². The Morgan fingerprint density at radius 1 is 1.10 bits per heavy atom. The molecule has 0 bridgehead atoms. The molecule has 0 spiro atoms. The Kier molecular flexibility index (Phi) is 6.40. The summed E-state index contributed by atoms with van der Waals surface area (Å²) in [5, 5.41) is 0. The molecule has 2 rings (SSSR count). The van der Waals surface area contributed by atoms with E-state index in [1.54, 1.807) is 6.07 Å². The largest absolute Gasteiger partial charge is 0.204 e. The second-order valence-electron chi connectivity index (χ2n) is 6.60. The van der Waals surface area contributed by atoms with Gasteiger partial charge in [0.25, 0.3) is 0 Å². The average Bonchev–Trinajstić information content (AvgIpc) is 2.51. The molecule has 1 aliphatic carbocycles. The molecule has 118 valence electrons. The predicted molar refractivity (Wildman–Crippen MR) is 88.7 cm³/mol. The minimum absolute atomic E-state index is 0.0793. The van der Waals surface area contributed by atoms with Gasteiger partial charge in [0.05, 0.1) is 0 Å². The van der Waals surface area contributed by atoms with E-state index in [9.17, 15) is 8.78 Å². The van der Waals surface area contributed by atoms with Crippen LogP contribution < -0.4 is 0 Å². The van der Waals surface area contributed by atoms with Gasteiger partial charge in [0.1, 0.15) is 0 Å². The molecule has 0 saturated heterocycles. The van der Waals surface area contributed by atoms with E-state index in [0.29, 0.717) is 5.92 Å². The fraction of sp³-hybridized carbons (Fsp3) is 0.667. The fourth-order valence-electron chi connectivity index (χ4n) is 3.93. The van der Waals surface area contributed by atoms with Crippen LogP contribution in [-0.4, -0.2) is 9.52 Å². The van der Waals surface area contributed by atoms with E-state index in [-0.39, 0.29) is 9.52 Å². The first kappa shape index (κ1) is 16.7. The van der Waals surface area contributed by atoms with Crippen LogP contribution in [0.2, 0.25) is 11.6 Å². The molecule has 1 saturated carbocycles. The monoisotopic (exact) mass is 310 g/mol. The summed E-state index contributed by atoms with van der Waals surface area (Å²) in [4.78, 5) is 0. The molecular formula is C18H28F2Si.